The van der Waals surface area contributed by atoms with E-state index in [1.54, 1.807) is 0 Å². The van der Waals surface area contributed by atoms with Crippen molar-refractivity contribution in [2.45, 2.75) is 18.6 Å². The molecule has 1 N–H and O–H groups in total. The second kappa shape index (κ2) is 3.53. The van der Waals surface area contributed by atoms with Crippen molar-refractivity contribution in [3.8, 4) is 0 Å². The van der Waals surface area contributed by atoms with Gasteiger partial charge in [-0.25, -0.2) is 4.21 Å². The summed E-state index contributed by atoms with van der Waals surface area (Å²) in [5.74, 6) is -0.131. The van der Waals surface area contributed by atoms with Crippen molar-refractivity contribution in [2.24, 2.45) is 0 Å². The Bertz CT molecular complexity index is 386. The third kappa shape index (κ3) is 1.70. The molecule has 4 heteroatoms. The Morgan fingerprint density at radius 1 is 1.36 bits per heavy atom. The Hall–Kier alpha value is -1.16. The number of hydrogen-bond acceptors (Lipinski definition) is 2. The zero-order valence-corrected chi connectivity index (χ0v) is 8.64. The molecule has 74 valence electrons. The zero-order valence-electron chi connectivity index (χ0n) is 7.82. The van der Waals surface area contributed by atoms with Gasteiger partial charge < -0.3 is 0 Å². The maximum atomic E-state index is 11.4. The minimum atomic E-state index is -1.25. The molecule has 3 nitrogen and oxygen atoms in total. The molecule has 1 fully saturated rings. The van der Waals surface area contributed by atoms with Gasteiger partial charge in [-0.05, 0) is 12.5 Å². The van der Waals surface area contributed by atoms with Crippen LogP contribution in [0.5, 0.6) is 0 Å². The summed E-state index contributed by atoms with van der Waals surface area (Å²) >= 11 is 0. The Kier molecular flexibility index (Phi) is 2.37. The number of amides is 1. The van der Waals surface area contributed by atoms with E-state index >= 15 is 0 Å². The van der Waals surface area contributed by atoms with Gasteiger partial charge in [0.25, 0.3) is 0 Å². The molecule has 2 atom stereocenters. The van der Waals surface area contributed by atoms with Gasteiger partial charge in [-0.1, -0.05) is 29.8 Å². The molecule has 1 saturated heterocycles. The number of benzene rings is 1. The maximum Gasteiger partial charge on any atom is 0.233 e. The molecule has 1 aliphatic heterocycles. The van der Waals surface area contributed by atoms with Gasteiger partial charge >= 0.3 is 0 Å². The molecule has 0 aromatic heterocycles. The highest BCUT2D eigenvalue weighted by Crippen LogP contribution is 2.26. The lowest BCUT2D eigenvalue weighted by atomic mass is 10.1. The molecule has 0 saturated carbocycles. The molecule has 2 rings (SSSR count). The molecule has 1 aromatic rings. The highest BCUT2D eigenvalue weighted by atomic mass is 32.2. The van der Waals surface area contributed by atoms with E-state index in [4.69, 9.17) is 0 Å². The Morgan fingerprint density at radius 2 is 2.00 bits per heavy atom. The first kappa shape index (κ1) is 9.40. The van der Waals surface area contributed by atoms with E-state index in [1.807, 2.05) is 31.2 Å². The smallest absolute Gasteiger partial charge is 0.233 e. The minimum Gasteiger partial charge on any atom is -0.275 e. The molecule has 1 heterocycles. The fraction of sp³-hybridized carbons (Fsp3) is 0.300. The standard InChI is InChI=1S/C10H11NO2S/c1-7-2-4-8(5-3-7)9-6-10(12)11-14(9)13/h2-5,9H,6H2,1H3,(H,11,12). The number of rotatable bonds is 1. The summed E-state index contributed by atoms with van der Waals surface area (Å²) < 4.78 is 13.9. The summed E-state index contributed by atoms with van der Waals surface area (Å²) in [6, 6.07) is 7.79. The average molecular weight is 209 g/mol. The fourth-order valence-electron chi connectivity index (χ4n) is 1.49. The largest absolute Gasteiger partial charge is 0.275 e. The van der Waals surface area contributed by atoms with Crippen LogP contribution in [0.2, 0.25) is 0 Å². The first-order valence-corrected chi connectivity index (χ1v) is 5.65. The summed E-state index contributed by atoms with van der Waals surface area (Å²) in [5.41, 5.74) is 2.13. The lowest BCUT2D eigenvalue weighted by Gasteiger charge is -2.06. The van der Waals surface area contributed by atoms with Gasteiger partial charge in [-0.3, -0.25) is 9.52 Å². The SMILES string of the molecule is Cc1ccc(C2CC(=O)NS2=O)cc1. The lowest BCUT2D eigenvalue weighted by molar-refractivity contribution is -0.118. The van der Waals surface area contributed by atoms with E-state index in [1.165, 1.54) is 0 Å². The van der Waals surface area contributed by atoms with Gasteiger partial charge in [0.05, 0.1) is 5.25 Å². The first-order chi connectivity index (χ1) is 6.66. The highest BCUT2D eigenvalue weighted by Gasteiger charge is 2.30. The molecule has 1 aromatic carbocycles. The van der Waals surface area contributed by atoms with Crippen molar-refractivity contribution >= 4 is 16.9 Å². The van der Waals surface area contributed by atoms with E-state index in [0.29, 0.717) is 6.42 Å². The molecule has 0 spiro atoms. The van der Waals surface area contributed by atoms with E-state index in [2.05, 4.69) is 4.72 Å². The van der Waals surface area contributed by atoms with E-state index in [9.17, 15) is 9.00 Å². The van der Waals surface area contributed by atoms with Crippen LogP contribution in [0, 0.1) is 6.92 Å². The zero-order chi connectivity index (χ0) is 10.1. The number of carbonyl (C=O) groups excluding carboxylic acids is 1. The molecule has 0 radical (unpaired) electrons. The van der Waals surface area contributed by atoms with Gasteiger partial charge in [-0.15, -0.1) is 0 Å². The third-order valence-electron chi connectivity index (χ3n) is 2.29. The summed E-state index contributed by atoms with van der Waals surface area (Å²) in [6.45, 7) is 2.00. The van der Waals surface area contributed by atoms with Crippen LogP contribution in [-0.4, -0.2) is 10.1 Å². The van der Waals surface area contributed by atoms with Crippen LogP contribution >= 0.6 is 0 Å². The molecular formula is C10H11NO2S. The van der Waals surface area contributed by atoms with E-state index < -0.39 is 11.0 Å². The van der Waals surface area contributed by atoms with Gasteiger partial charge in [0.15, 0.2) is 0 Å². The molecule has 1 amide bonds. The lowest BCUT2D eigenvalue weighted by Crippen LogP contribution is -2.15. The van der Waals surface area contributed by atoms with Gasteiger partial charge in [0.2, 0.25) is 5.91 Å². The summed E-state index contributed by atoms with van der Waals surface area (Å²) in [6.07, 6.45) is 0.329. The van der Waals surface area contributed by atoms with Crippen molar-refractivity contribution in [3.05, 3.63) is 35.4 Å². The Morgan fingerprint density at radius 3 is 2.50 bits per heavy atom. The maximum absolute atomic E-state index is 11.4. The third-order valence-corrected chi connectivity index (χ3v) is 3.68. The van der Waals surface area contributed by atoms with Gasteiger partial charge in [0, 0.05) is 6.42 Å². The molecular weight excluding hydrogens is 198 g/mol. The predicted molar refractivity (Wildman–Crippen MR) is 54.8 cm³/mol. The topological polar surface area (TPSA) is 46.2 Å². The summed E-state index contributed by atoms with van der Waals surface area (Å²) in [7, 11) is -1.25. The van der Waals surface area contributed by atoms with Crippen molar-refractivity contribution < 1.29 is 9.00 Å². The highest BCUT2D eigenvalue weighted by molar-refractivity contribution is 7.84. The Labute approximate surface area is 85.1 Å². The normalized spacial score (nSPS) is 26.2. The fourth-order valence-corrected chi connectivity index (χ4v) is 2.65. The second-order valence-corrected chi connectivity index (χ2v) is 4.79. The van der Waals surface area contributed by atoms with Crippen LogP contribution in [0.1, 0.15) is 22.8 Å². The number of carbonyl (C=O) groups is 1. The van der Waals surface area contributed by atoms with Crippen LogP contribution in [0.25, 0.3) is 0 Å². The molecule has 2 unspecified atom stereocenters. The number of nitrogens with one attached hydrogen (secondary N) is 1. The average Bonchev–Trinajstić information content (AvgIpc) is 2.47. The van der Waals surface area contributed by atoms with Gasteiger partial charge in [0.1, 0.15) is 11.0 Å². The monoisotopic (exact) mass is 209 g/mol. The van der Waals surface area contributed by atoms with Crippen LogP contribution in [0.3, 0.4) is 0 Å². The molecule has 0 bridgehead atoms. The van der Waals surface area contributed by atoms with Crippen molar-refractivity contribution in [1.82, 2.24) is 4.72 Å². The van der Waals surface area contributed by atoms with Crippen LogP contribution in [-0.2, 0) is 15.8 Å². The minimum absolute atomic E-state index is 0.131. The van der Waals surface area contributed by atoms with Crippen molar-refractivity contribution in [3.63, 3.8) is 0 Å². The van der Waals surface area contributed by atoms with Crippen LogP contribution in [0.4, 0.5) is 0 Å². The molecule has 0 aliphatic carbocycles. The quantitative estimate of drug-likeness (QED) is 0.756. The second-order valence-electron chi connectivity index (χ2n) is 3.43. The van der Waals surface area contributed by atoms with Crippen molar-refractivity contribution in [1.29, 1.82) is 0 Å². The molecule has 14 heavy (non-hydrogen) atoms. The predicted octanol–water partition coefficient (Wildman–Crippen LogP) is 1.22. The van der Waals surface area contributed by atoms with Crippen LogP contribution < -0.4 is 4.72 Å². The summed E-state index contributed by atoms with van der Waals surface area (Å²) in [4.78, 5) is 11.0. The summed E-state index contributed by atoms with van der Waals surface area (Å²) in [5, 5.41) is -0.178. The number of aryl methyl sites for hydroxylation is 1. The van der Waals surface area contributed by atoms with Crippen molar-refractivity contribution in [2.75, 3.05) is 0 Å². The Balaban J connectivity index is 2.27. The van der Waals surface area contributed by atoms with Crippen LogP contribution in [0.15, 0.2) is 24.3 Å². The van der Waals surface area contributed by atoms with E-state index in [-0.39, 0.29) is 11.2 Å². The van der Waals surface area contributed by atoms with Gasteiger partial charge in [-0.2, -0.15) is 0 Å². The number of hydrogen-bond donors (Lipinski definition) is 1. The molecule has 1 aliphatic rings. The first-order valence-electron chi connectivity index (χ1n) is 4.43. The van der Waals surface area contributed by atoms with E-state index in [0.717, 1.165) is 11.1 Å².